The highest BCUT2D eigenvalue weighted by Crippen LogP contribution is 2.45. The lowest BCUT2D eigenvalue weighted by Gasteiger charge is -2.32. The number of phenolic OH excluding ortho intramolecular Hbond substituents is 1. The Bertz CT molecular complexity index is 2800. The maximum atomic E-state index is 15.5. The predicted molar refractivity (Wildman–Crippen MR) is 264 cm³/mol. The van der Waals surface area contributed by atoms with Crippen molar-refractivity contribution in [3.63, 3.8) is 0 Å². The van der Waals surface area contributed by atoms with Crippen LogP contribution in [0.25, 0.3) is 22.5 Å². The number of nitrogen functional groups attached to an aromatic ring is 1. The number of aromatic nitrogens is 2. The van der Waals surface area contributed by atoms with Crippen molar-refractivity contribution in [2.75, 3.05) is 45.6 Å². The van der Waals surface area contributed by atoms with Gasteiger partial charge in [0, 0.05) is 56.6 Å². The number of aromatic hydroxyl groups is 1. The molecule has 0 aliphatic carbocycles. The van der Waals surface area contributed by atoms with Crippen molar-refractivity contribution in [3.8, 4) is 39.8 Å². The number of nitrogens with one attached hydrogen (secondary N) is 2. The molecule has 390 valence electrons. The molecule has 0 spiro atoms. The molecule has 4 aromatic rings. The van der Waals surface area contributed by atoms with Crippen LogP contribution < -0.4 is 41.9 Å². The highest BCUT2D eigenvalue weighted by atomic mass is 32.2. The molecule has 0 saturated carbocycles. The number of fused-ring (bicyclic) bond motifs is 5. The van der Waals surface area contributed by atoms with Crippen LogP contribution in [-0.2, 0) is 41.2 Å². The van der Waals surface area contributed by atoms with Crippen molar-refractivity contribution in [3.05, 3.63) is 82.3 Å². The second-order valence-electron chi connectivity index (χ2n) is 19.0. The van der Waals surface area contributed by atoms with Gasteiger partial charge in [-0.15, -0.1) is 0 Å². The first kappa shape index (κ1) is 56.4. The Morgan fingerprint density at radius 2 is 1.58 bits per heavy atom. The number of ketones is 3. The average molecular weight is 1020 g/mol. The van der Waals surface area contributed by atoms with Crippen molar-refractivity contribution >= 4 is 45.2 Å². The Morgan fingerprint density at radius 3 is 2.15 bits per heavy atom. The zero-order valence-electron chi connectivity index (χ0n) is 41.2. The second kappa shape index (κ2) is 23.4. The number of likely N-dealkylation sites (N-methyl/N-ethyl adjacent to an activating group) is 1. The molecule has 1 aliphatic rings. The van der Waals surface area contributed by atoms with Crippen LogP contribution in [0.4, 0.5) is 10.2 Å². The number of ether oxygens (including phenoxy) is 2. The predicted octanol–water partition coefficient (Wildman–Crippen LogP) is 1.65. The molecular formula is C49H64FN9O12S. The SMILES string of the molecule is CC(=O)[C@@H]1Cc2ccc(OC[C@H](O)CN)c(c2)-c2cc(cc(OC[C@H](O)CN)c2O)[C@H](N(C)C(=O)[C@H](CNS(N)(=O)=O)CC(=O)c2c(C)nc(-c3ccc(C(C)(C)C)cc3F)nc2N)C(=O)C[C@@H](C)C(=O)N1. The summed E-state index contributed by atoms with van der Waals surface area (Å²) in [5.41, 5.74) is 18.2. The summed E-state index contributed by atoms with van der Waals surface area (Å²) in [5.74, 6) is -8.34. The van der Waals surface area contributed by atoms with E-state index in [1.807, 2.05) is 25.5 Å². The number of halogens is 1. The van der Waals surface area contributed by atoms with Crippen molar-refractivity contribution in [1.29, 1.82) is 0 Å². The molecule has 0 radical (unpaired) electrons. The summed E-state index contributed by atoms with van der Waals surface area (Å²) < 4.78 is 54.0. The third-order valence-electron chi connectivity index (χ3n) is 12.2. The Kier molecular flexibility index (Phi) is 18.3. The molecule has 72 heavy (non-hydrogen) atoms. The van der Waals surface area contributed by atoms with E-state index in [1.54, 1.807) is 18.2 Å². The molecule has 0 saturated heterocycles. The highest BCUT2D eigenvalue weighted by molar-refractivity contribution is 7.87. The molecule has 13 N–H and O–H groups in total. The van der Waals surface area contributed by atoms with Gasteiger partial charge in [-0.25, -0.2) is 24.2 Å². The number of amides is 2. The maximum absolute atomic E-state index is 15.5. The van der Waals surface area contributed by atoms with Gasteiger partial charge in [-0.2, -0.15) is 8.42 Å². The fourth-order valence-electron chi connectivity index (χ4n) is 8.06. The van der Waals surface area contributed by atoms with E-state index in [9.17, 15) is 47.7 Å². The van der Waals surface area contributed by atoms with Gasteiger partial charge in [0.15, 0.2) is 34.7 Å². The number of aliphatic hydroxyl groups is 2. The van der Waals surface area contributed by atoms with E-state index in [1.165, 1.54) is 58.2 Å². The standard InChI is InChI=1S/C49H64FN9O12S/c1-24-12-39(64)43(59(7)48(67)29(21-55-72(54,68)69)16-38(63)42-25(2)56-46(58-45(42)53)33-10-9-30(18-36(33)50)49(4,5)6)28-15-35(44(65)41(17-28)71-23-32(62)20-52)34-13-27(14-37(26(3)60)57-47(24)66)8-11-40(34)70-22-31(61)19-51/h8-11,13,15,17-18,24,29,31-32,37,43,55,61-62,65H,12,14,16,19-23,51-52H2,1-7H3,(H,57,66)(H2,53,56,58)(H2,54,68,69)/t24-,29+,31-,32-,37+,43+/m1/s1. The molecular weight excluding hydrogens is 958 g/mol. The minimum atomic E-state index is -4.51. The minimum absolute atomic E-state index is 0.00512. The van der Waals surface area contributed by atoms with Gasteiger partial charge >= 0.3 is 0 Å². The number of aliphatic hydroxyl groups excluding tert-OH is 2. The number of phenols is 1. The molecule has 21 nitrogen and oxygen atoms in total. The molecule has 1 aromatic heterocycles. The van der Waals surface area contributed by atoms with Crippen molar-refractivity contribution in [2.24, 2.45) is 28.4 Å². The number of hydrogen-bond donors (Lipinski definition) is 9. The molecule has 3 aromatic carbocycles. The third kappa shape index (κ3) is 13.9. The lowest BCUT2D eigenvalue weighted by Crippen LogP contribution is -2.46. The van der Waals surface area contributed by atoms with E-state index in [4.69, 9.17) is 31.8 Å². The molecule has 4 bridgehead atoms. The number of Topliss-reactive ketones (excluding diaryl/α,β-unsaturated/α-hetero) is 3. The lowest BCUT2D eigenvalue weighted by molar-refractivity contribution is -0.142. The summed E-state index contributed by atoms with van der Waals surface area (Å²) in [6.45, 7) is 7.92. The largest absolute Gasteiger partial charge is 0.504 e. The van der Waals surface area contributed by atoms with Gasteiger partial charge in [0.1, 0.15) is 48.8 Å². The number of benzene rings is 3. The number of aryl methyl sites for hydroxylation is 1. The first-order chi connectivity index (χ1) is 33.6. The normalized spacial score (nSPS) is 17.8. The lowest BCUT2D eigenvalue weighted by atomic mass is 9.86. The molecule has 5 rings (SSSR count). The zero-order valence-corrected chi connectivity index (χ0v) is 42.0. The summed E-state index contributed by atoms with van der Waals surface area (Å²) in [4.78, 5) is 80.3. The number of nitrogens with zero attached hydrogens (tertiary/aromatic N) is 3. The van der Waals surface area contributed by atoms with Crippen LogP contribution in [0.3, 0.4) is 0 Å². The first-order valence-electron chi connectivity index (χ1n) is 23.0. The third-order valence-corrected chi connectivity index (χ3v) is 12.7. The van der Waals surface area contributed by atoms with E-state index in [-0.39, 0.29) is 88.2 Å². The molecule has 0 fully saturated rings. The van der Waals surface area contributed by atoms with E-state index in [0.29, 0.717) is 11.1 Å². The summed E-state index contributed by atoms with van der Waals surface area (Å²) in [7, 11) is -3.31. The van der Waals surface area contributed by atoms with Crippen molar-refractivity contribution in [2.45, 2.75) is 90.5 Å². The monoisotopic (exact) mass is 1020 g/mol. The van der Waals surface area contributed by atoms with E-state index >= 15 is 4.39 Å². The van der Waals surface area contributed by atoms with E-state index in [0.717, 1.165) is 4.90 Å². The number of rotatable bonds is 18. The summed E-state index contributed by atoms with van der Waals surface area (Å²) in [6.07, 6.45) is -3.71. The Hall–Kier alpha value is -6.47. The maximum Gasteiger partial charge on any atom is 0.274 e. The Morgan fingerprint density at radius 1 is 0.944 bits per heavy atom. The molecule has 23 heteroatoms. The highest BCUT2D eigenvalue weighted by Gasteiger charge is 2.38. The Balaban J connectivity index is 1.67. The van der Waals surface area contributed by atoms with E-state index in [2.05, 4.69) is 15.3 Å². The van der Waals surface area contributed by atoms with Gasteiger partial charge in [-0.05, 0) is 78.8 Å². The van der Waals surface area contributed by atoms with Gasteiger partial charge in [0.25, 0.3) is 10.2 Å². The molecule has 1 aliphatic heterocycles. The minimum Gasteiger partial charge on any atom is -0.504 e. The number of anilines is 1. The van der Waals surface area contributed by atoms with E-state index < -0.39 is 113 Å². The van der Waals surface area contributed by atoms with Gasteiger partial charge in [-0.3, -0.25) is 24.0 Å². The number of hydrogen-bond acceptors (Lipinski definition) is 17. The van der Waals surface area contributed by atoms with Crippen LogP contribution >= 0.6 is 0 Å². The fourth-order valence-corrected chi connectivity index (χ4v) is 8.49. The number of carbonyl (C=O) groups excluding carboxylic acids is 5. The summed E-state index contributed by atoms with van der Waals surface area (Å²) >= 11 is 0. The molecule has 0 unspecified atom stereocenters. The Labute approximate surface area is 417 Å². The fraction of sp³-hybridized carbons (Fsp3) is 0.449. The number of carbonyl (C=O) groups is 5. The van der Waals surface area contributed by atoms with Gasteiger partial charge < -0.3 is 52.2 Å². The van der Waals surface area contributed by atoms with Gasteiger partial charge in [0.05, 0.1) is 28.8 Å². The molecule has 2 amide bonds. The van der Waals surface area contributed by atoms with Crippen LogP contribution in [0, 0.1) is 24.6 Å². The van der Waals surface area contributed by atoms with Crippen LogP contribution in [0.2, 0.25) is 0 Å². The van der Waals surface area contributed by atoms with Crippen molar-refractivity contribution in [1.82, 2.24) is 24.9 Å². The summed E-state index contributed by atoms with van der Waals surface area (Å²) in [5, 5.41) is 40.7. The zero-order chi connectivity index (χ0) is 53.6. The van der Waals surface area contributed by atoms with Crippen LogP contribution in [0.1, 0.15) is 86.2 Å². The van der Waals surface area contributed by atoms with Crippen LogP contribution in [-0.4, -0.2) is 126 Å². The van der Waals surface area contributed by atoms with Crippen molar-refractivity contribution < 1.29 is 61.6 Å². The quantitative estimate of drug-likeness (QED) is 0.0640. The summed E-state index contributed by atoms with van der Waals surface area (Å²) in [6, 6.07) is 9.01. The average Bonchev–Trinajstić information content (AvgIpc) is 3.30. The van der Waals surface area contributed by atoms with Gasteiger partial charge in [0.2, 0.25) is 11.8 Å². The topological polar surface area (TPSA) is 356 Å². The van der Waals surface area contributed by atoms with Crippen LogP contribution in [0.5, 0.6) is 17.2 Å². The molecule has 2 heterocycles. The smallest absolute Gasteiger partial charge is 0.274 e. The second-order valence-corrected chi connectivity index (χ2v) is 20.4. The molecule has 6 atom stereocenters. The first-order valence-corrected chi connectivity index (χ1v) is 24.6. The van der Waals surface area contributed by atoms with Gasteiger partial charge in [-0.1, -0.05) is 39.8 Å². The number of nitrogens with two attached hydrogens (primary N) is 4. The van der Waals surface area contributed by atoms with Crippen LogP contribution in [0.15, 0.2) is 48.5 Å².